The van der Waals surface area contributed by atoms with Crippen LogP contribution in [0.25, 0.3) is 0 Å². The molecule has 0 radical (unpaired) electrons. The van der Waals surface area contributed by atoms with E-state index in [2.05, 4.69) is 5.32 Å². The third-order valence-electron chi connectivity index (χ3n) is 2.68. The van der Waals surface area contributed by atoms with Crippen molar-refractivity contribution in [3.8, 4) is 0 Å². The highest BCUT2D eigenvalue weighted by atomic mass is 16.3. The number of aliphatic hydroxyl groups excluding tert-OH is 1. The van der Waals surface area contributed by atoms with Crippen LogP contribution < -0.4 is 5.32 Å². The predicted molar refractivity (Wildman–Crippen MR) is 59.5 cm³/mol. The minimum atomic E-state index is 0.0343. The fraction of sp³-hybridized carbons (Fsp3) is 0.727. The first-order chi connectivity index (χ1) is 7.20. The molecule has 0 aromatic carbocycles. The number of amides is 1. The summed E-state index contributed by atoms with van der Waals surface area (Å²) < 4.78 is 0. The van der Waals surface area contributed by atoms with Crippen LogP contribution in [-0.2, 0) is 4.79 Å². The standard InChI is InChI=1S/C11H20N2O2/c1-3-4-13(5-6-14)11(15)9(2)10-7-12-8-10/h12,14H,3-8H2,1-2H3. The molecule has 4 heteroatoms. The largest absolute Gasteiger partial charge is 0.395 e. The van der Waals surface area contributed by atoms with Crippen LogP contribution in [0.4, 0.5) is 0 Å². The van der Waals surface area contributed by atoms with Gasteiger partial charge < -0.3 is 15.3 Å². The van der Waals surface area contributed by atoms with Gasteiger partial charge in [0.1, 0.15) is 0 Å². The predicted octanol–water partition coefficient (Wildman–Crippen LogP) is 0.137. The molecule has 2 N–H and O–H groups in total. The van der Waals surface area contributed by atoms with E-state index in [1.807, 2.05) is 13.8 Å². The highest BCUT2D eigenvalue weighted by molar-refractivity contribution is 5.94. The van der Waals surface area contributed by atoms with E-state index < -0.39 is 0 Å². The van der Waals surface area contributed by atoms with E-state index in [4.69, 9.17) is 5.11 Å². The molecule has 1 aliphatic rings. The van der Waals surface area contributed by atoms with Crippen LogP contribution in [0.3, 0.4) is 0 Å². The van der Waals surface area contributed by atoms with E-state index in [0.29, 0.717) is 6.54 Å². The molecular formula is C11H20N2O2. The van der Waals surface area contributed by atoms with E-state index >= 15 is 0 Å². The van der Waals surface area contributed by atoms with Gasteiger partial charge in [-0.2, -0.15) is 0 Å². The van der Waals surface area contributed by atoms with Crippen molar-refractivity contribution < 1.29 is 9.90 Å². The van der Waals surface area contributed by atoms with Gasteiger partial charge in [0.2, 0.25) is 5.91 Å². The first-order valence-electron chi connectivity index (χ1n) is 5.50. The molecule has 1 fully saturated rings. The van der Waals surface area contributed by atoms with Crippen LogP contribution >= 0.6 is 0 Å². The van der Waals surface area contributed by atoms with Crippen LogP contribution in [0.2, 0.25) is 0 Å². The Kier molecular flexibility index (Phi) is 4.78. The van der Waals surface area contributed by atoms with Crippen LogP contribution in [0.15, 0.2) is 11.1 Å². The Morgan fingerprint density at radius 2 is 2.13 bits per heavy atom. The Morgan fingerprint density at radius 3 is 2.53 bits per heavy atom. The van der Waals surface area contributed by atoms with Gasteiger partial charge in [-0.1, -0.05) is 6.92 Å². The second kappa shape index (κ2) is 5.88. The number of nitrogens with one attached hydrogen (secondary N) is 1. The van der Waals surface area contributed by atoms with Gasteiger partial charge in [-0.15, -0.1) is 0 Å². The van der Waals surface area contributed by atoms with E-state index in [1.165, 1.54) is 5.57 Å². The molecule has 0 atom stereocenters. The van der Waals surface area contributed by atoms with E-state index in [9.17, 15) is 4.79 Å². The number of carbonyl (C=O) groups excluding carboxylic acids is 1. The van der Waals surface area contributed by atoms with Crippen LogP contribution in [-0.4, -0.2) is 48.7 Å². The van der Waals surface area contributed by atoms with E-state index in [0.717, 1.165) is 31.6 Å². The molecule has 0 aliphatic carbocycles. The Hall–Kier alpha value is -0.870. The van der Waals surface area contributed by atoms with E-state index in [1.54, 1.807) is 4.90 Å². The molecule has 0 unspecified atom stereocenters. The molecule has 1 amide bonds. The summed E-state index contributed by atoms with van der Waals surface area (Å²) in [6, 6.07) is 0. The third-order valence-corrected chi connectivity index (χ3v) is 2.68. The zero-order valence-electron chi connectivity index (χ0n) is 9.55. The molecular weight excluding hydrogens is 192 g/mol. The van der Waals surface area contributed by atoms with Crippen molar-refractivity contribution in [1.82, 2.24) is 10.2 Å². The summed E-state index contributed by atoms with van der Waals surface area (Å²) in [5, 5.41) is 12.0. The zero-order valence-corrected chi connectivity index (χ0v) is 9.55. The number of rotatable bonds is 5. The molecule has 15 heavy (non-hydrogen) atoms. The monoisotopic (exact) mass is 212 g/mol. The van der Waals surface area contributed by atoms with Gasteiger partial charge in [-0.05, 0) is 18.9 Å². The molecule has 1 rings (SSSR count). The quantitative estimate of drug-likeness (QED) is 0.637. The number of aliphatic hydroxyl groups is 1. The van der Waals surface area contributed by atoms with Crippen LogP contribution in [0, 0.1) is 0 Å². The lowest BCUT2D eigenvalue weighted by molar-refractivity contribution is -0.127. The summed E-state index contributed by atoms with van der Waals surface area (Å²) in [4.78, 5) is 13.7. The van der Waals surface area contributed by atoms with Crippen molar-refractivity contribution in [2.24, 2.45) is 0 Å². The minimum Gasteiger partial charge on any atom is -0.395 e. The van der Waals surface area contributed by atoms with Gasteiger partial charge in [-0.25, -0.2) is 0 Å². The van der Waals surface area contributed by atoms with E-state index in [-0.39, 0.29) is 12.5 Å². The SMILES string of the molecule is CCCN(CCO)C(=O)C(C)=C1CNC1. The lowest BCUT2D eigenvalue weighted by atomic mass is 10.0. The van der Waals surface area contributed by atoms with Crippen molar-refractivity contribution in [1.29, 1.82) is 0 Å². The molecule has 0 saturated carbocycles. The lowest BCUT2D eigenvalue weighted by Crippen LogP contribution is -2.40. The molecule has 4 nitrogen and oxygen atoms in total. The van der Waals surface area contributed by atoms with Gasteiger partial charge in [0.15, 0.2) is 0 Å². The third kappa shape index (κ3) is 3.04. The molecule has 86 valence electrons. The summed E-state index contributed by atoms with van der Waals surface area (Å²) in [6.07, 6.45) is 0.923. The molecule has 0 bridgehead atoms. The van der Waals surface area contributed by atoms with Crippen molar-refractivity contribution in [3.63, 3.8) is 0 Å². The first-order valence-corrected chi connectivity index (χ1v) is 5.50. The molecule has 1 heterocycles. The van der Waals surface area contributed by atoms with Gasteiger partial charge in [0, 0.05) is 31.8 Å². The van der Waals surface area contributed by atoms with Crippen LogP contribution in [0.5, 0.6) is 0 Å². The summed E-state index contributed by atoms with van der Waals surface area (Å²) in [6.45, 7) is 6.76. The highest BCUT2D eigenvalue weighted by Gasteiger charge is 2.20. The molecule has 1 aliphatic heterocycles. The fourth-order valence-electron chi connectivity index (χ4n) is 1.61. The maximum Gasteiger partial charge on any atom is 0.249 e. The second-order valence-electron chi connectivity index (χ2n) is 3.85. The Bertz CT molecular complexity index is 249. The Morgan fingerprint density at radius 1 is 1.47 bits per heavy atom. The molecule has 0 aromatic heterocycles. The van der Waals surface area contributed by atoms with Crippen molar-refractivity contribution in [3.05, 3.63) is 11.1 Å². The number of hydrogen-bond acceptors (Lipinski definition) is 3. The second-order valence-corrected chi connectivity index (χ2v) is 3.85. The van der Waals surface area contributed by atoms with Crippen LogP contribution in [0.1, 0.15) is 20.3 Å². The summed E-state index contributed by atoms with van der Waals surface area (Å²) in [5.74, 6) is 0.0717. The summed E-state index contributed by atoms with van der Waals surface area (Å²) >= 11 is 0. The highest BCUT2D eigenvalue weighted by Crippen LogP contribution is 2.12. The van der Waals surface area contributed by atoms with Crippen molar-refractivity contribution >= 4 is 5.91 Å². The number of hydrogen-bond donors (Lipinski definition) is 2. The Balaban J connectivity index is 2.62. The smallest absolute Gasteiger partial charge is 0.249 e. The van der Waals surface area contributed by atoms with Crippen molar-refractivity contribution in [2.75, 3.05) is 32.8 Å². The van der Waals surface area contributed by atoms with Gasteiger partial charge >= 0.3 is 0 Å². The van der Waals surface area contributed by atoms with Gasteiger partial charge in [0.05, 0.1) is 6.61 Å². The normalized spacial score (nSPS) is 14.7. The average molecular weight is 212 g/mol. The summed E-state index contributed by atoms with van der Waals surface area (Å²) in [7, 11) is 0. The lowest BCUT2D eigenvalue weighted by Gasteiger charge is -2.26. The molecule has 0 aromatic rings. The number of nitrogens with zero attached hydrogens (tertiary/aromatic N) is 1. The molecule has 0 spiro atoms. The minimum absolute atomic E-state index is 0.0343. The van der Waals surface area contributed by atoms with Gasteiger partial charge in [0.25, 0.3) is 0 Å². The average Bonchev–Trinajstić information content (AvgIpc) is 2.13. The van der Waals surface area contributed by atoms with Gasteiger partial charge in [-0.3, -0.25) is 4.79 Å². The summed E-state index contributed by atoms with van der Waals surface area (Å²) in [5.41, 5.74) is 2.04. The maximum absolute atomic E-state index is 12.0. The molecule has 1 saturated heterocycles. The van der Waals surface area contributed by atoms with Crippen molar-refractivity contribution in [2.45, 2.75) is 20.3 Å². The topological polar surface area (TPSA) is 52.6 Å². The zero-order chi connectivity index (χ0) is 11.3. The number of carbonyl (C=O) groups is 1. The Labute approximate surface area is 91.0 Å². The fourth-order valence-corrected chi connectivity index (χ4v) is 1.61. The first kappa shape index (κ1) is 12.2. The maximum atomic E-state index is 12.0.